The van der Waals surface area contributed by atoms with Crippen molar-refractivity contribution in [2.75, 3.05) is 0 Å². The molecule has 2 unspecified atom stereocenters. The predicted octanol–water partition coefficient (Wildman–Crippen LogP) is 2.38. The van der Waals surface area contributed by atoms with Crippen LogP contribution in [0.25, 0.3) is 0 Å². The van der Waals surface area contributed by atoms with Crippen molar-refractivity contribution in [1.82, 2.24) is 0 Å². The molecule has 18 heavy (non-hydrogen) atoms. The quantitative estimate of drug-likeness (QED) is 0.833. The summed E-state index contributed by atoms with van der Waals surface area (Å²) in [5.74, 6) is -0.969. The van der Waals surface area contributed by atoms with Gasteiger partial charge in [-0.25, -0.2) is 0 Å². The topological polar surface area (TPSA) is 54.4 Å². The van der Waals surface area contributed by atoms with Gasteiger partial charge in [0.05, 0.1) is 5.92 Å². The first-order chi connectivity index (χ1) is 8.55. The number of hydrogen-bond acceptors (Lipinski definition) is 3. The molecule has 2 atom stereocenters. The minimum Gasteiger partial charge on any atom is -0.381 e. The van der Waals surface area contributed by atoms with Crippen LogP contribution in [0.5, 0.6) is 0 Å². The van der Waals surface area contributed by atoms with Gasteiger partial charge in [0.1, 0.15) is 11.4 Å². The molecule has 3 heteroatoms. The molecule has 1 N–H and O–H groups in total. The average molecular weight is 246 g/mol. The fraction of sp³-hybridized carbons (Fsp3) is 0.467. The van der Waals surface area contributed by atoms with Gasteiger partial charge in [0.25, 0.3) is 0 Å². The Balaban J connectivity index is 2.33. The lowest BCUT2D eigenvalue weighted by atomic mass is 9.70. The van der Waals surface area contributed by atoms with Crippen LogP contribution < -0.4 is 0 Å². The van der Waals surface area contributed by atoms with Crippen LogP contribution in [0.4, 0.5) is 0 Å². The second kappa shape index (κ2) is 5.02. The van der Waals surface area contributed by atoms with Gasteiger partial charge in [0, 0.05) is 5.56 Å². The van der Waals surface area contributed by atoms with Crippen molar-refractivity contribution in [2.24, 2.45) is 5.92 Å². The summed E-state index contributed by atoms with van der Waals surface area (Å²) >= 11 is 0. The van der Waals surface area contributed by atoms with Crippen molar-refractivity contribution in [2.45, 2.75) is 38.2 Å². The number of Topliss-reactive ketones (excluding diaryl/α,β-unsaturated/α-hetero) is 2. The van der Waals surface area contributed by atoms with Crippen LogP contribution in [0.15, 0.2) is 30.3 Å². The van der Waals surface area contributed by atoms with Gasteiger partial charge in [-0.2, -0.15) is 0 Å². The fourth-order valence-electron chi connectivity index (χ4n) is 2.81. The Morgan fingerprint density at radius 1 is 1.22 bits per heavy atom. The number of ketones is 2. The van der Waals surface area contributed by atoms with E-state index in [9.17, 15) is 14.7 Å². The molecule has 0 saturated heterocycles. The van der Waals surface area contributed by atoms with E-state index in [0.29, 0.717) is 18.4 Å². The Bertz CT molecular complexity index is 452. The van der Waals surface area contributed by atoms with Gasteiger partial charge in [0.2, 0.25) is 0 Å². The Hall–Kier alpha value is -1.48. The van der Waals surface area contributed by atoms with E-state index < -0.39 is 11.5 Å². The molecule has 1 aromatic carbocycles. The summed E-state index contributed by atoms with van der Waals surface area (Å²) in [6.07, 6.45) is 2.67. The summed E-state index contributed by atoms with van der Waals surface area (Å²) in [6, 6.07) is 8.73. The van der Waals surface area contributed by atoms with Crippen molar-refractivity contribution in [3.8, 4) is 0 Å². The van der Waals surface area contributed by atoms with Crippen LogP contribution in [0.2, 0.25) is 0 Å². The van der Waals surface area contributed by atoms with Crippen molar-refractivity contribution in [3.05, 3.63) is 35.9 Å². The SMILES string of the molecule is CC(=O)C1CCCCC1(O)C(=O)c1ccccc1. The summed E-state index contributed by atoms with van der Waals surface area (Å²) in [5.41, 5.74) is -1.03. The van der Waals surface area contributed by atoms with E-state index in [1.165, 1.54) is 6.92 Å². The van der Waals surface area contributed by atoms with E-state index in [-0.39, 0.29) is 11.6 Å². The third kappa shape index (κ3) is 2.23. The third-order valence-electron chi connectivity index (χ3n) is 3.80. The Kier molecular flexibility index (Phi) is 3.62. The highest BCUT2D eigenvalue weighted by Crippen LogP contribution is 2.36. The lowest BCUT2D eigenvalue weighted by Gasteiger charge is -2.37. The van der Waals surface area contributed by atoms with Crippen LogP contribution in [-0.2, 0) is 4.79 Å². The standard InChI is InChI=1S/C15H18O3/c1-11(16)13-9-5-6-10-15(13,18)14(17)12-7-3-2-4-8-12/h2-4,7-8,13,18H,5-6,9-10H2,1H3. The van der Waals surface area contributed by atoms with E-state index >= 15 is 0 Å². The number of rotatable bonds is 3. The molecule has 2 rings (SSSR count). The van der Waals surface area contributed by atoms with Crippen LogP contribution in [0.1, 0.15) is 43.0 Å². The van der Waals surface area contributed by atoms with Crippen LogP contribution in [0, 0.1) is 5.92 Å². The zero-order valence-corrected chi connectivity index (χ0v) is 10.6. The fourth-order valence-corrected chi connectivity index (χ4v) is 2.81. The summed E-state index contributed by atoms with van der Waals surface area (Å²) < 4.78 is 0. The maximum absolute atomic E-state index is 12.4. The molecule has 3 nitrogen and oxygen atoms in total. The first-order valence-corrected chi connectivity index (χ1v) is 6.38. The second-order valence-corrected chi connectivity index (χ2v) is 5.03. The lowest BCUT2D eigenvalue weighted by Crippen LogP contribution is -2.50. The Morgan fingerprint density at radius 3 is 2.50 bits per heavy atom. The van der Waals surface area contributed by atoms with Gasteiger partial charge in [0.15, 0.2) is 5.78 Å². The predicted molar refractivity (Wildman–Crippen MR) is 68.4 cm³/mol. The molecular weight excluding hydrogens is 228 g/mol. The maximum Gasteiger partial charge on any atom is 0.195 e. The Morgan fingerprint density at radius 2 is 1.89 bits per heavy atom. The van der Waals surface area contributed by atoms with Crippen LogP contribution in [0.3, 0.4) is 0 Å². The molecule has 0 heterocycles. The number of aliphatic hydroxyl groups is 1. The molecule has 1 aromatic rings. The molecule has 1 aliphatic carbocycles. The van der Waals surface area contributed by atoms with Crippen molar-refractivity contribution >= 4 is 11.6 Å². The molecule has 96 valence electrons. The van der Waals surface area contributed by atoms with E-state index in [1.807, 2.05) is 6.07 Å². The minimum atomic E-state index is -1.51. The molecule has 0 aliphatic heterocycles. The third-order valence-corrected chi connectivity index (χ3v) is 3.80. The van der Waals surface area contributed by atoms with Gasteiger partial charge in [-0.1, -0.05) is 43.2 Å². The van der Waals surface area contributed by atoms with Gasteiger partial charge in [-0.05, 0) is 19.8 Å². The zero-order chi connectivity index (χ0) is 13.2. The summed E-state index contributed by atoms with van der Waals surface area (Å²) in [4.78, 5) is 24.1. The van der Waals surface area contributed by atoms with Gasteiger partial charge in [-0.3, -0.25) is 9.59 Å². The molecular formula is C15H18O3. The van der Waals surface area contributed by atoms with Crippen molar-refractivity contribution < 1.29 is 14.7 Å². The molecule has 0 bridgehead atoms. The van der Waals surface area contributed by atoms with Gasteiger partial charge < -0.3 is 5.11 Å². The first-order valence-electron chi connectivity index (χ1n) is 6.38. The molecule has 0 aromatic heterocycles. The normalized spacial score (nSPS) is 27.8. The van der Waals surface area contributed by atoms with E-state index in [1.54, 1.807) is 24.3 Å². The highest BCUT2D eigenvalue weighted by molar-refractivity contribution is 6.05. The minimum absolute atomic E-state index is 0.0959. The summed E-state index contributed by atoms with van der Waals surface area (Å²) in [5, 5.41) is 10.7. The number of benzene rings is 1. The van der Waals surface area contributed by atoms with E-state index in [0.717, 1.165) is 12.8 Å². The van der Waals surface area contributed by atoms with Crippen LogP contribution in [-0.4, -0.2) is 22.3 Å². The average Bonchev–Trinajstić information content (AvgIpc) is 2.39. The molecule has 1 saturated carbocycles. The lowest BCUT2D eigenvalue weighted by molar-refractivity contribution is -0.130. The second-order valence-electron chi connectivity index (χ2n) is 5.03. The molecule has 1 fully saturated rings. The molecule has 0 amide bonds. The van der Waals surface area contributed by atoms with Gasteiger partial charge in [-0.15, -0.1) is 0 Å². The monoisotopic (exact) mass is 246 g/mol. The number of carbonyl (C=O) groups excluding carboxylic acids is 2. The molecule has 0 radical (unpaired) electrons. The maximum atomic E-state index is 12.4. The largest absolute Gasteiger partial charge is 0.381 e. The highest BCUT2D eigenvalue weighted by Gasteiger charge is 2.47. The van der Waals surface area contributed by atoms with Crippen LogP contribution >= 0.6 is 0 Å². The van der Waals surface area contributed by atoms with E-state index in [4.69, 9.17) is 0 Å². The van der Waals surface area contributed by atoms with Gasteiger partial charge >= 0.3 is 0 Å². The number of hydrogen-bond donors (Lipinski definition) is 1. The number of carbonyl (C=O) groups is 2. The zero-order valence-electron chi connectivity index (χ0n) is 10.6. The van der Waals surface area contributed by atoms with Crippen molar-refractivity contribution in [3.63, 3.8) is 0 Å². The molecule has 0 spiro atoms. The first kappa shape index (κ1) is 13.0. The molecule has 1 aliphatic rings. The Labute approximate surface area is 107 Å². The van der Waals surface area contributed by atoms with E-state index in [2.05, 4.69) is 0 Å². The summed E-state index contributed by atoms with van der Waals surface area (Å²) in [7, 11) is 0. The smallest absolute Gasteiger partial charge is 0.195 e. The highest BCUT2D eigenvalue weighted by atomic mass is 16.3. The summed E-state index contributed by atoms with van der Waals surface area (Å²) in [6.45, 7) is 1.46. The van der Waals surface area contributed by atoms with Crippen molar-refractivity contribution in [1.29, 1.82) is 0 Å².